The van der Waals surface area contributed by atoms with Crippen molar-refractivity contribution in [1.82, 2.24) is 9.78 Å². The quantitative estimate of drug-likeness (QED) is 0.749. The lowest BCUT2D eigenvalue weighted by atomic mass is 10.1. The minimum absolute atomic E-state index is 0.0310. The molecule has 0 spiro atoms. The summed E-state index contributed by atoms with van der Waals surface area (Å²) in [7, 11) is 0. The second kappa shape index (κ2) is 7.15. The zero-order valence-corrected chi connectivity index (χ0v) is 15.4. The lowest BCUT2D eigenvalue weighted by Gasteiger charge is -2.08. The molecule has 0 aliphatic carbocycles. The first kappa shape index (κ1) is 17.1. The predicted molar refractivity (Wildman–Crippen MR) is 103 cm³/mol. The van der Waals surface area contributed by atoms with Gasteiger partial charge in [0.1, 0.15) is 0 Å². The largest absolute Gasteiger partial charge is 0.454 e. The highest BCUT2D eigenvalue weighted by atomic mass is 16.7. The fourth-order valence-corrected chi connectivity index (χ4v) is 3.15. The number of aryl methyl sites for hydroxylation is 3. The molecule has 2 heterocycles. The van der Waals surface area contributed by atoms with E-state index < -0.39 is 0 Å². The first-order chi connectivity index (χ1) is 13.1. The molecule has 0 unspecified atom stereocenters. The molecule has 0 radical (unpaired) electrons. The Morgan fingerprint density at radius 2 is 1.85 bits per heavy atom. The monoisotopic (exact) mass is 363 g/mol. The van der Waals surface area contributed by atoms with Crippen molar-refractivity contribution in [3.05, 3.63) is 65.5 Å². The van der Waals surface area contributed by atoms with E-state index in [1.54, 1.807) is 12.1 Å². The smallest absolute Gasteiger partial charge is 0.231 e. The third-order valence-electron chi connectivity index (χ3n) is 4.49. The van der Waals surface area contributed by atoms with Crippen molar-refractivity contribution in [3.8, 4) is 17.2 Å². The van der Waals surface area contributed by atoms with Crippen LogP contribution in [0, 0.1) is 13.8 Å². The molecular formula is C21H21N3O3. The highest BCUT2D eigenvalue weighted by Crippen LogP contribution is 2.34. The molecule has 3 aromatic rings. The Bertz CT molecular complexity index is 977. The summed E-state index contributed by atoms with van der Waals surface area (Å²) in [6.07, 6.45) is 1.08. The molecule has 6 heteroatoms. The zero-order valence-electron chi connectivity index (χ0n) is 15.4. The number of rotatable bonds is 5. The molecule has 1 aromatic heterocycles. The number of aromatic nitrogens is 2. The van der Waals surface area contributed by atoms with Gasteiger partial charge in [0, 0.05) is 23.9 Å². The first-order valence-corrected chi connectivity index (χ1v) is 8.90. The van der Waals surface area contributed by atoms with E-state index in [0.29, 0.717) is 30.0 Å². The summed E-state index contributed by atoms with van der Waals surface area (Å²) in [5.74, 6) is 1.33. The van der Waals surface area contributed by atoms with Crippen molar-refractivity contribution in [1.29, 1.82) is 0 Å². The van der Waals surface area contributed by atoms with Crippen LogP contribution in [0.25, 0.3) is 5.69 Å². The number of anilines is 1. The molecule has 0 fully saturated rings. The number of ether oxygens (including phenoxy) is 2. The Morgan fingerprint density at radius 1 is 1.07 bits per heavy atom. The van der Waals surface area contributed by atoms with E-state index in [-0.39, 0.29) is 12.7 Å². The van der Waals surface area contributed by atoms with Crippen LogP contribution in [-0.2, 0) is 11.2 Å². The highest BCUT2D eigenvalue weighted by molar-refractivity contribution is 5.91. The van der Waals surface area contributed by atoms with Crippen LogP contribution in [0.15, 0.2) is 48.5 Å². The van der Waals surface area contributed by atoms with Crippen LogP contribution in [-0.4, -0.2) is 22.5 Å². The average molecular weight is 363 g/mol. The van der Waals surface area contributed by atoms with Gasteiger partial charge in [-0.2, -0.15) is 5.10 Å². The molecule has 1 aliphatic heterocycles. The van der Waals surface area contributed by atoms with Gasteiger partial charge >= 0.3 is 0 Å². The third-order valence-corrected chi connectivity index (χ3v) is 4.49. The number of hydrogen-bond acceptors (Lipinski definition) is 4. The van der Waals surface area contributed by atoms with Crippen molar-refractivity contribution in [2.45, 2.75) is 26.7 Å². The number of fused-ring (bicyclic) bond motifs is 1. The number of amides is 1. The summed E-state index contributed by atoms with van der Waals surface area (Å²) in [4.78, 5) is 12.2. The highest BCUT2D eigenvalue weighted by Gasteiger charge is 2.14. The fourth-order valence-electron chi connectivity index (χ4n) is 3.15. The number of benzene rings is 2. The van der Waals surface area contributed by atoms with E-state index in [2.05, 4.69) is 10.4 Å². The minimum atomic E-state index is -0.0310. The number of nitrogens with zero attached hydrogens (tertiary/aromatic N) is 2. The van der Waals surface area contributed by atoms with Gasteiger partial charge in [0.25, 0.3) is 0 Å². The lowest BCUT2D eigenvalue weighted by Crippen LogP contribution is -2.12. The molecule has 0 saturated carbocycles. The van der Waals surface area contributed by atoms with Crippen molar-refractivity contribution >= 4 is 11.6 Å². The molecule has 1 N–H and O–H groups in total. The number of nitrogens with one attached hydrogen (secondary N) is 1. The third kappa shape index (κ3) is 3.79. The van der Waals surface area contributed by atoms with E-state index in [1.165, 1.54) is 0 Å². The van der Waals surface area contributed by atoms with Crippen molar-refractivity contribution < 1.29 is 14.3 Å². The number of carbonyl (C=O) groups excluding carboxylic acids is 1. The topological polar surface area (TPSA) is 65.4 Å². The number of carbonyl (C=O) groups is 1. The summed E-state index contributed by atoms with van der Waals surface area (Å²) in [5.41, 5.74) is 4.94. The first-order valence-electron chi connectivity index (χ1n) is 8.90. The van der Waals surface area contributed by atoms with Crippen LogP contribution in [0.3, 0.4) is 0 Å². The van der Waals surface area contributed by atoms with Crippen LogP contribution in [0.5, 0.6) is 11.5 Å². The van der Waals surface area contributed by atoms with Crippen LogP contribution in [0.1, 0.15) is 23.4 Å². The predicted octanol–water partition coefficient (Wildman–Crippen LogP) is 3.79. The van der Waals surface area contributed by atoms with Gasteiger partial charge in [-0.05, 0) is 56.2 Å². The Kier molecular flexibility index (Phi) is 4.54. The number of hydrogen-bond donors (Lipinski definition) is 1. The van der Waals surface area contributed by atoms with Gasteiger partial charge in [-0.25, -0.2) is 4.68 Å². The summed E-state index contributed by atoms with van der Waals surface area (Å²) >= 11 is 0. The molecule has 2 aromatic carbocycles. The molecule has 1 amide bonds. The van der Waals surface area contributed by atoms with Gasteiger partial charge < -0.3 is 14.8 Å². The molecule has 27 heavy (non-hydrogen) atoms. The Labute approximate surface area is 157 Å². The van der Waals surface area contributed by atoms with Crippen LogP contribution in [0.2, 0.25) is 0 Å². The second-order valence-corrected chi connectivity index (χ2v) is 6.62. The molecule has 0 saturated heterocycles. The molecular weight excluding hydrogens is 342 g/mol. The summed E-state index contributed by atoms with van der Waals surface area (Å²) in [6, 6.07) is 15.6. The van der Waals surface area contributed by atoms with E-state index in [0.717, 1.165) is 22.6 Å². The maximum Gasteiger partial charge on any atom is 0.231 e. The molecule has 1 aliphatic rings. The maximum atomic E-state index is 12.2. The summed E-state index contributed by atoms with van der Waals surface area (Å²) in [6.45, 7) is 4.24. The molecule has 0 atom stereocenters. The van der Waals surface area contributed by atoms with Gasteiger partial charge in [0.05, 0.1) is 11.4 Å². The van der Waals surface area contributed by atoms with Gasteiger partial charge in [-0.15, -0.1) is 0 Å². The van der Waals surface area contributed by atoms with E-state index in [1.807, 2.05) is 54.9 Å². The van der Waals surface area contributed by atoms with Crippen molar-refractivity contribution in [2.75, 3.05) is 12.1 Å². The van der Waals surface area contributed by atoms with Gasteiger partial charge in [0.2, 0.25) is 12.7 Å². The standard InChI is InChI=1S/C21H21N3O3/c1-14-11-15(2)24(23-14)18-7-3-16(4-8-18)5-10-21(25)22-17-6-9-19-20(12-17)27-13-26-19/h3-4,6-9,11-12H,5,10,13H2,1-2H3,(H,22,25). The Balaban J connectivity index is 1.34. The molecule has 0 bridgehead atoms. The average Bonchev–Trinajstić information content (AvgIpc) is 3.25. The maximum absolute atomic E-state index is 12.2. The molecule has 138 valence electrons. The lowest BCUT2D eigenvalue weighted by molar-refractivity contribution is -0.116. The zero-order chi connectivity index (χ0) is 18.8. The van der Waals surface area contributed by atoms with Crippen LogP contribution >= 0.6 is 0 Å². The molecule has 4 rings (SSSR count). The van der Waals surface area contributed by atoms with Gasteiger partial charge in [-0.1, -0.05) is 12.1 Å². The van der Waals surface area contributed by atoms with Crippen LogP contribution < -0.4 is 14.8 Å². The van der Waals surface area contributed by atoms with Crippen molar-refractivity contribution in [2.24, 2.45) is 0 Å². The van der Waals surface area contributed by atoms with Crippen LogP contribution in [0.4, 0.5) is 5.69 Å². The Hall–Kier alpha value is -3.28. The van der Waals surface area contributed by atoms with E-state index >= 15 is 0 Å². The fraction of sp³-hybridized carbons (Fsp3) is 0.238. The van der Waals surface area contributed by atoms with Gasteiger partial charge in [0.15, 0.2) is 11.5 Å². The second-order valence-electron chi connectivity index (χ2n) is 6.62. The Morgan fingerprint density at radius 3 is 2.59 bits per heavy atom. The summed E-state index contributed by atoms with van der Waals surface area (Å²) < 4.78 is 12.5. The minimum Gasteiger partial charge on any atom is -0.454 e. The van der Waals surface area contributed by atoms with Crippen molar-refractivity contribution in [3.63, 3.8) is 0 Å². The SMILES string of the molecule is Cc1cc(C)n(-c2ccc(CCC(=O)Nc3ccc4c(c3)OCO4)cc2)n1. The summed E-state index contributed by atoms with van der Waals surface area (Å²) in [5, 5.41) is 7.39. The molecule has 6 nitrogen and oxygen atoms in total. The van der Waals surface area contributed by atoms with E-state index in [9.17, 15) is 4.79 Å². The van der Waals surface area contributed by atoms with E-state index in [4.69, 9.17) is 9.47 Å². The normalized spacial score (nSPS) is 12.2. The van der Waals surface area contributed by atoms with Gasteiger partial charge in [-0.3, -0.25) is 4.79 Å².